The maximum Gasteiger partial charge on any atom is 0.0484 e. The zero-order chi connectivity index (χ0) is 13.2. The van der Waals surface area contributed by atoms with Crippen LogP contribution in [0.1, 0.15) is 50.7 Å². The van der Waals surface area contributed by atoms with E-state index in [9.17, 15) is 0 Å². The van der Waals surface area contributed by atoms with Gasteiger partial charge in [0, 0.05) is 17.5 Å². The first kappa shape index (κ1) is 13.9. The van der Waals surface area contributed by atoms with Crippen molar-refractivity contribution in [1.29, 1.82) is 0 Å². The summed E-state index contributed by atoms with van der Waals surface area (Å²) in [6, 6.07) is 8.88. The summed E-state index contributed by atoms with van der Waals surface area (Å²) in [5.74, 6) is 0.643. The molecule has 18 heavy (non-hydrogen) atoms. The van der Waals surface area contributed by atoms with E-state index in [0.29, 0.717) is 5.92 Å². The number of benzene rings is 1. The molecule has 1 nitrogen and oxygen atoms in total. The molecule has 0 aliphatic heterocycles. The minimum atomic E-state index is -0.00601. The molecule has 2 unspecified atom stereocenters. The van der Waals surface area contributed by atoms with Crippen LogP contribution < -0.4 is 5.32 Å². The lowest BCUT2D eigenvalue weighted by molar-refractivity contribution is 0.357. The van der Waals surface area contributed by atoms with Gasteiger partial charge in [0.1, 0.15) is 0 Å². The third kappa shape index (κ3) is 3.07. The first-order valence-electron chi connectivity index (χ1n) is 6.97. The highest BCUT2D eigenvalue weighted by Crippen LogP contribution is 2.31. The van der Waals surface area contributed by atoms with Crippen molar-refractivity contribution in [2.24, 2.45) is 0 Å². The van der Waals surface area contributed by atoms with Crippen molar-refractivity contribution < 1.29 is 0 Å². The lowest BCUT2D eigenvalue weighted by Gasteiger charge is -2.33. The van der Waals surface area contributed by atoms with Crippen LogP contribution in [0.15, 0.2) is 24.3 Å². The van der Waals surface area contributed by atoms with Gasteiger partial charge in [0.25, 0.3) is 0 Å². The summed E-state index contributed by atoms with van der Waals surface area (Å²) < 4.78 is 0. The van der Waals surface area contributed by atoms with Crippen molar-refractivity contribution in [2.45, 2.75) is 56.9 Å². The molecule has 1 aromatic rings. The van der Waals surface area contributed by atoms with Gasteiger partial charge in [0.15, 0.2) is 0 Å². The predicted octanol–water partition coefficient (Wildman–Crippen LogP) is 4.10. The summed E-state index contributed by atoms with van der Waals surface area (Å²) >= 11 is 6.22. The molecule has 0 radical (unpaired) electrons. The Morgan fingerprint density at radius 1 is 1.39 bits per heavy atom. The summed E-state index contributed by atoms with van der Waals surface area (Å²) in [5, 5.41) is 3.77. The van der Waals surface area contributed by atoms with E-state index in [1.807, 2.05) is 0 Å². The molecule has 0 aromatic heterocycles. The van der Waals surface area contributed by atoms with E-state index in [1.54, 1.807) is 0 Å². The molecule has 1 N–H and O–H groups in total. The fourth-order valence-corrected chi connectivity index (χ4v) is 2.67. The van der Waals surface area contributed by atoms with Crippen LogP contribution in [-0.2, 0) is 6.42 Å². The molecule has 2 heteroatoms. The number of alkyl halides is 1. The number of aryl methyl sites for hydroxylation is 1. The second kappa shape index (κ2) is 5.63. The molecule has 2 atom stereocenters. The van der Waals surface area contributed by atoms with Gasteiger partial charge in [0.05, 0.1) is 0 Å². The van der Waals surface area contributed by atoms with E-state index in [1.165, 1.54) is 30.4 Å². The summed E-state index contributed by atoms with van der Waals surface area (Å²) in [5.41, 5.74) is 3.06. The maximum atomic E-state index is 6.22. The Kier molecular flexibility index (Phi) is 4.34. The molecule has 1 aliphatic rings. The zero-order valence-electron chi connectivity index (χ0n) is 11.7. The molecule has 0 saturated heterocycles. The van der Waals surface area contributed by atoms with Crippen LogP contribution in [-0.4, -0.2) is 17.5 Å². The number of hydrogen-bond acceptors (Lipinski definition) is 1. The monoisotopic (exact) mass is 265 g/mol. The number of nitrogens with one attached hydrogen (secondary N) is 1. The van der Waals surface area contributed by atoms with Gasteiger partial charge in [-0.05, 0) is 57.1 Å². The number of fused-ring (bicyclic) bond motifs is 1. The van der Waals surface area contributed by atoms with Crippen molar-refractivity contribution in [2.75, 3.05) is 6.54 Å². The van der Waals surface area contributed by atoms with Gasteiger partial charge in [-0.1, -0.05) is 24.3 Å². The van der Waals surface area contributed by atoms with Crippen LogP contribution in [0, 0.1) is 0 Å². The Hall–Kier alpha value is -0.530. The Balaban J connectivity index is 2.04. The van der Waals surface area contributed by atoms with Gasteiger partial charge in [-0.2, -0.15) is 0 Å². The molecule has 0 bridgehead atoms. The molecule has 0 fully saturated rings. The van der Waals surface area contributed by atoms with Crippen molar-refractivity contribution in [3.63, 3.8) is 0 Å². The summed E-state index contributed by atoms with van der Waals surface area (Å²) in [6.07, 6.45) is 3.83. The van der Waals surface area contributed by atoms with Crippen molar-refractivity contribution in [1.82, 2.24) is 5.32 Å². The Labute approximate surface area is 116 Å². The minimum Gasteiger partial charge on any atom is -0.310 e. The standard InChI is InChI=1S/C16H24ClN/c1-12(17)16(2,3)18-11-14-9-6-8-13-7-4-5-10-15(13)14/h4-5,7,10,12,14,18H,6,8-9,11H2,1-3H3. The Morgan fingerprint density at radius 3 is 2.83 bits per heavy atom. The molecule has 100 valence electrons. The van der Waals surface area contributed by atoms with Crippen molar-refractivity contribution in [3.05, 3.63) is 35.4 Å². The van der Waals surface area contributed by atoms with Crippen molar-refractivity contribution in [3.8, 4) is 0 Å². The van der Waals surface area contributed by atoms with E-state index in [0.717, 1.165) is 6.54 Å². The smallest absolute Gasteiger partial charge is 0.0484 e. The molecule has 0 heterocycles. The van der Waals surface area contributed by atoms with E-state index < -0.39 is 0 Å². The number of rotatable bonds is 4. The lowest BCUT2D eigenvalue weighted by Crippen LogP contribution is -2.47. The number of hydrogen-bond donors (Lipinski definition) is 1. The molecule has 0 amide bonds. The Morgan fingerprint density at radius 2 is 2.11 bits per heavy atom. The van der Waals surface area contributed by atoms with E-state index in [4.69, 9.17) is 11.6 Å². The highest BCUT2D eigenvalue weighted by molar-refractivity contribution is 6.21. The Bertz CT molecular complexity index is 398. The number of halogens is 1. The van der Waals surface area contributed by atoms with Crippen LogP contribution in [0.4, 0.5) is 0 Å². The van der Waals surface area contributed by atoms with Gasteiger partial charge in [0.2, 0.25) is 0 Å². The van der Waals surface area contributed by atoms with Gasteiger partial charge >= 0.3 is 0 Å². The van der Waals surface area contributed by atoms with E-state index in [2.05, 4.69) is 50.4 Å². The molecule has 1 aliphatic carbocycles. The largest absolute Gasteiger partial charge is 0.310 e. The van der Waals surface area contributed by atoms with E-state index >= 15 is 0 Å². The SMILES string of the molecule is CC(Cl)C(C)(C)NCC1CCCc2ccccc21. The average molecular weight is 266 g/mol. The van der Waals surface area contributed by atoms with Gasteiger partial charge < -0.3 is 5.32 Å². The van der Waals surface area contributed by atoms with Crippen LogP contribution in [0.2, 0.25) is 0 Å². The summed E-state index contributed by atoms with van der Waals surface area (Å²) in [4.78, 5) is 0. The molecule has 0 spiro atoms. The van der Waals surface area contributed by atoms with Crippen LogP contribution in [0.25, 0.3) is 0 Å². The molecule has 0 saturated carbocycles. The maximum absolute atomic E-state index is 6.22. The second-order valence-corrected chi connectivity index (χ2v) is 6.66. The fourth-order valence-electron chi connectivity index (χ4n) is 2.59. The quantitative estimate of drug-likeness (QED) is 0.808. The van der Waals surface area contributed by atoms with Crippen LogP contribution >= 0.6 is 11.6 Å². The second-order valence-electron chi connectivity index (χ2n) is 6.01. The van der Waals surface area contributed by atoms with Crippen LogP contribution in [0.5, 0.6) is 0 Å². The third-order valence-corrected chi connectivity index (χ3v) is 4.84. The zero-order valence-corrected chi connectivity index (χ0v) is 12.4. The average Bonchev–Trinajstić information content (AvgIpc) is 2.36. The van der Waals surface area contributed by atoms with Crippen molar-refractivity contribution >= 4 is 11.6 Å². The lowest BCUT2D eigenvalue weighted by atomic mass is 9.82. The van der Waals surface area contributed by atoms with Gasteiger partial charge in [-0.3, -0.25) is 0 Å². The minimum absolute atomic E-state index is 0.00601. The molecular weight excluding hydrogens is 242 g/mol. The van der Waals surface area contributed by atoms with Gasteiger partial charge in [-0.25, -0.2) is 0 Å². The van der Waals surface area contributed by atoms with Crippen LogP contribution in [0.3, 0.4) is 0 Å². The molecule has 1 aromatic carbocycles. The molecule has 2 rings (SSSR count). The highest BCUT2D eigenvalue weighted by atomic mass is 35.5. The first-order chi connectivity index (χ1) is 8.50. The predicted molar refractivity (Wildman–Crippen MR) is 79.5 cm³/mol. The third-order valence-electron chi connectivity index (χ3n) is 4.29. The van der Waals surface area contributed by atoms with Gasteiger partial charge in [-0.15, -0.1) is 11.6 Å². The summed E-state index contributed by atoms with van der Waals surface area (Å²) in [6.45, 7) is 7.45. The summed E-state index contributed by atoms with van der Waals surface area (Å²) in [7, 11) is 0. The van der Waals surface area contributed by atoms with E-state index in [-0.39, 0.29) is 10.9 Å². The highest BCUT2D eigenvalue weighted by Gasteiger charge is 2.26. The fraction of sp³-hybridized carbons (Fsp3) is 0.625. The topological polar surface area (TPSA) is 12.0 Å². The normalized spacial score (nSPS) is 21.4. The molecular formula is C16H24ClN. The first-order valence-corrected chi connectivity index (χ1v) is 7.41.